The second-order valence-electron chi connectivity index (χ2n) is 3.96. The Bertz CT molecular complexity index is 419. The molecule has 0 saturated carbocycles. The highest BCUT2D eigenvalue weighted by Crippen LogP contribution is 2.16. The molecular formula is C12H17N3O. The highest BCUT2D eigenvalue weighted by molar-refractivity contribution is 5.04. The summed E-state index contributed by atoms with van der Waals surface area (Å²) in [5.74, 6) is 1.000. The maximum atomic E-state index is 5.57. The van der Waals surface area contributed by atoms with Gasteiger partial charge >= 0.3 is 0 Å². The molecule has 0 fully saturated rings. The van der Waals surface area contributed by atoms with Crippen LogP contribution in [0.5, 0.6) is 0 Å². The lowest BCUT2D eigenvalue weighted by Crippen LogP contribution is -2.13. The predicted octanol–water partition coefficient (Wildman–Crippen LogP) is 1.78. The molecule has 2 rings (SSSR count). The molecule has 0 amide bonds. The minimum atomic E-state index is 0.343. The van der Waals surface area contributed by atoms with E-state index in [2.05, 4.69) is 16.5 Å². The smallest absolute Gasteiger partial charge is 0.105 e. The normalized spacial score (nSPS) is 12.9. The molecule has 4 heteroatoms. The van der Waals surface area contributed by atoms with Crippen molar-refractivity contribution < 1.29 is 4.42 Å². The number of furan rings is 1. The minimum Gasteiger partial charge on any atom is -0.469 e. The molecule has 2 aromatic heterocycles. The Hall–Kier alpha value is -1.55. The molecule has 1 unspecified atom stereocenters. The standard InChI is InChI=1S/C12H17N3O/c1-10(7-12-3-2-6-16-12)15-9-14-8-11(15)4-5-13/h2-3,6,8-10H,4-5,7,13H2,1H3. The summed E-state index contributed by atoms with van der Waals surface area (Å²) in [6.45, 7) is 2.81. The average Bonchev–Trinajstić information content (AvgIpc) is 2.89. The SMILES string of the molecule is CC(Cc1ccco1)n1cncc1CCN. The van der Waals surface area contributed by atoms with Crippen LogP contribution in [0.4, 0.5) is 0 Å². The largest absolute Gasteiger partial charge is 0.469 e. The third-order valence-corrected chi connectivity index (χ3v) is 2.70. The Morgan fingerprint density at radius 2 is 2.44 bits per heavy atom. The van der Waals surface area contributed by atoms with Gasteiger partial charge in [-0.1, -0.05) is 0 Å². The molecule has 0 saturated heterocycles. The number of hydrogen-bond donors (Lipinski definition) is 1. The summed E-state index contributed by atoms with van der Waals surface area (Å²) in [5.41, 5.74) is 6.75. The van der Waals surface area contributed by atoms with Crippen LogP contribution < -0.4 is 5.73 Å². The van der Waals surface area contributed by atoms with Crippen molar-refractivity contribution in [1.82, 2.24) is 9.55 Å². The highest BCUT2D eigenvalue weighted by Gasteiger charge is 2.10. The average molecular weight is 219 g/mol. The van der Waals surface area contributed by atoms with Crippen molar-refractivity contribution in [3.05, 3.63) is 42.4 Å². The molecule has 0 aliphatic carbocycles. The molecule has 0 spiro atoms. The molecule has 0 aromatic carbocycles. The van der Waals surface area contributed by atoms with Gasteiger partial charge in [0.05, 0.1) is 12.6 Å². The second-order valence-corrected chi connectivity index (χ2v) is 3.96. The third kappa shape index (κ3) is 2.33. The molecule has 0 aliphatic heterocycles. The molecule has 86 valence electrons. The molecule has 4 nitrogen and oxygen atoms in total. The molecule has 16 heavy (non-hydrogen) atoms. The summed E-state index contributed by atoms with van der Waals surface area (Å²) in [7, 11) is 0. The van der Waals surface area contributed by atoms with Gasteiger partial charge < -0.3 is 14.7 Å². The van der Waals surface area contributed by atoms with E-state index in [0.29, 0.717) is 12.6 Å². The van der Waals surface area contributed by atoms with Gasteiger partial charge in [-0.2, -0.15) is 0 Å². The van der Waals surface area contributed by atoms with Gasteiger partial charge in [-0.3, -0.25) is 0 Å². The lowest BCUT2D eigenvalue weighted by Gasteiger charge is -2.15. The van der Waals surface area contributed by atoms with Crippen LogP contribution in [-0.2, 0) is 12.8 Å². The van der Waals surface area contributed by atoms with E-state index in [0.717, 1.165) is 18.6 Å². The lowest BCUT2D eigenvalue weighted by atomic mass is 10.2. The third-order valence-electron chi connectivity index (χ3n) is 2.70. The van der Waals surface area contributed by atoms with Crippen LogP contribution in [0, 0.1) is 0 Å². The van der Waals surface area contributed by atoms with E-state index in [-0.39, 0.29) is 0 Å². The first-order valence-electron chi connectivity index (χ1n) is 5.54. The van der Waals surface area contributed by atoms with Crippen LogP contribution in [-0.4, -0.2) is 16.1 Å². The molecule has 1 atom stereocenters. The van der Waals surface area contributed by atoms with E-state index in [4.69, 9.17) is 10.2 Å². The quantitative estimate of drug-likeness (QED) is 0.834. The maximum absolute atomic E-state index is 5.57. The summed E-state index contributed by atoms with van der Waals surface area (Å²) in [6, 6.07) is 4.25. The van der Waals surface area contributed by atoms with E-state index in [1.54, 1.807) is 6.26 Å². The Kier molecular flexibility index (Phi) is 3.41. The predicted molar refractivity (Wildman–Crippen MR) is 62.1 cm³/mol. The molecule has 0 aliphatic rings. The molecule has 2 aromatic rings. The maximum Gasteiger partial charge on any atom is 0.105 e. The Morgan fingerprint density at radius 3 is 3.12 bits per heavy atom. The molecule has 0 bridgehead atoms. The van der Waals surface area contributed by atoms with Crippen LogP contribution in [0.2, 0.25) is 0 Å². The fraction of sp³-hybridized carbons (Fsp3) is 0.417. The Morgan fingerprint density at radius 1 is 1.56 bits per heavy atom. The summed E-state index contributed by atoms with van der Waals surface area (Å²) >= 11 is 0. The van der Waals surface area contributed by atoms with Gasteiger partial charge in [-0.25, -0.2) is 4.98 Å². The number of hydrogen-bond acceptors (Lipinski definition) is 3. The number of aromatic nitrogens is 2. The van der Waals surface area contributed by atoms with Crippen LogP contribution in [0.15, 0.2) is 35.3 Å². The molecule has 2 N–H and O–H groups in total. The Balaban J connectivity index is 2.08. The zero-order chi connectivity index (χ0) is 11.4. The van der Waals surface area contributed by atoms with Crippen LogP contribution in [0.25, 0.3) is 0 Å². The van der Waals surface area contributed by atoms with Crippen LogP contribution in [0.1, 0.15) is 24.4 Å². The molecule has 2 heterocycles. The first-order chi connectivity index (χ1) is 7.81. The number of nitrogens with two attached hydrogens (primary N) is 1. The molecular weight excluding hydrogens is 202 g/mol. The van der Waals surface area contributed by atoms with Crippen molar-refractivity contribution >= 4 is 0 Å². The second kappa shape index (κ2) is 4.99. The van der Waals surface area contributed by atoms with Gasteiger partial charge in [0.15, 0.2) is 0 Å². The zero-order valence-corrected chi connectivity index (χ0v) is 9.47. The molecule has 0 radical (unpaired) electrons. The zero-order valence-electron chi connectivity index (χ0n) is 9.47. The summed E-state index contributed by atoms with van der Waals surface area (Å²) in [4.78, 5) is 4.17. The van der Waals surface area contributed by atoms with Crippen molar-refractivity contribution in [1.29, 1.82) is 0 Å². The summed E-state index contributed by atoms with van der Waals surface area (Å²) in [6.07, 6.45) is 7.18. The van der Waals surface area contributed by atoms with E-state index in [9.17, 15) is 0 Å². The van der Waals surface area contributed by atoms with E-state index in [1.165, 1.54) is 5.69 Å². The minimum absolute atomic E-state index is 0.343. The topological polar surface area (TPSA) is 57.0 Å². The first-order valence-corrected chi connectivity index (χ1v) is 5.54. The van der Waals surface area contributed by atoms with Crippen LogP contribution >= 0.6 is 0 Å². The fourth-order valence-electron chi connectivity index (χ4n) is 1.89. The number of imidazole rings is 1. The summed E-state index contributed by atoms with van der Waals surface area (Å²) in [5, 5.41) is 0. The van der Waals surface area contributed by atoms with E-state index < -0.39 is 0 Å². The van der Waals surface area contributed by atoms with Gasteiger partial charge in [-0.05, 0) is 25.6 Å². The first kappa shape index (κ1) is 11.0. The van der Waals surface area contributed by atoms with Crippen molar-refractivity contribution in [2.75, 3.05) is 6.54 Å². The van der Waals surface area contributed by atoms with Crippen molar-refractivity contribution in [2.45, 2.75) is 25.8 Å². The van der Waals surface area contributed by atoms with Crippen molar-refractivity contribution in [3.63, 3.8) is 0 Å². The number of rotatable bonds is 5. The van der Waals surface area contributed by atoms with Gasteiger partial charge in [0.25, 0.3) is 0 Å². The Labute approximate surface area is 95.1 Å². The van der Waals surface area contributed by atoms with Gasteiger partial charge in [-0.15, -0.1) is 0 Å². The van der Waals surface area contributed by atoms with Crippen molar-refractivity contribution in [3.8, 4) is 0 Å². The van der Waals surface area contributed by atoms with Crippen LogP contribution in [0.3, 0.4) is 0 Å². The fourth-order valence-corrected chi connectivity index (χ4v) is 1.89. The van der Waals surface area contributed by atoms with Crippen molar-refractivity contribution in [2.24, 2.45) is 5.73 Å². The number of nitrogens with zero attached hydrogens (tertiary/aromatic N) is 2. The lowest BCUT2D eigenvalue weighted by molar-refractivity contribution is 0.442. The van der Waals surface area contributed by atoms with Gasteiger partial charge in [0.2, 0.25) is 0 Å². The van der Waals surface area contributed by atoms with Gasteiger partial charge in [0, 0.05) is 30.8 Å². The highest BCUT2D eigenvalue weighted by atomic mass is 16.3. The monoisotopic (exact) mass is 219 g/mol. The van der Waals surface area contributed by atoms with E-state index in [1.807, 2.05) is 24.7 Å². The summed E-state index contributed by atoms with van der Waals surface area (Å²) < 4.78 is 7.51. The van der Waals surface area contributed by atoms with E-state index >= 15 is 0 Å². The van der Waals surface area contributed by atoms with Gasteiger partial charge in [0.1, 0.15) is 5.76 Å².